The molecule has 2 aromatic rings. The van der Waals surface area contributed by atoms with Crippen molar-refractivity contribution in [2.45, 2.75) is 6.04 Å². The number of thiazole rings is 1. The Morgan fingerprint density at radius 3 is 2.50 bits per heavy atom. The summed E-state index contributed by atoms with van der Waals surface area (Å²) in [4.78, 5) is 13.3. The van der Waals surface area contributed by atoms with Crippen LogP contribution in [-0.4, -0.2) is 47.6 Å². The van der Waals surface area contributed by atoms with Gasteiger partial charge < -0.3 is 10.6 Å². The minimum absolute atomic E-state index is 0.288. The fraction of sp³-hybridized carbons (Fsp3) is 0.429. The van der Waals surface area contributed by atoms with Crippen LogP contribution >= 0.6 is 11.3 Å². The van der Waals surface area contributed by atoms with Gasteiger partial charge in [0.2, 0.25) is 0 Å². The minimum atomic E-state index is 0.288. The molecule has 1 fully saturated rings. The third-order valence-electron chi connectivity index (χ3n) is 3.76. The van der Waals surface area contributed by atoms with Gasteiger partial charge in [-0.25, -0.2) is 4.98 Å². The van der Waals surface area contributed by atoms with E-state index in [1.165, 1.54) is 5.56 Å². The number of hydrogen-bond donors (Lipinski definition) is 1. The molecule has 2 aromatic heterocycles. The van der Waals surface area contributed by atoms with Crippen molar-refractivity contribution >= 4 is 16.5 Å². The zero-order chi connectivity index (χ0) is 13.8. The zero-order valence-corrected chi connectivity index (χ0v) is 12.2. The summed E-state index contributed by atoms with van der Waals surface area (Å²) in [5.74, 6) is 0. The Bertz CT molecular complexity index is 508. The summed E-state index contributed by atoms with van der Waals surface area (Å²) in [7, 11) is 0. The summed E-state index contributed by atoms with van der Waals surface area (Å²) < 4.78 is 0. The number of nitrogens with zero attached hydrogens (tertiary/aromatic N) is 4. The highest BCUT2D eigenvalue weighted by atomic mass is 32.1. The van der Waals surface area contributed by atoms with Crippen molar-refractivity contribution in [1.29, 1.82) is 0 Å². The molecule has 106 valence electrons. The Kier molecular flexibility index (Phi) is 4.25. The van der Waals surface area contributed by atoms with Crippen molar-refractivity contribution in [2.75, 3.05) is 37.6 Å². The van der Waals surface area contributed by atoms with Gasteiger partial charge in [0, 0.05) is 62.7 Å². The molecule has 0 radical (unpaired) electrons. The van der Waals surface area contributed by atoms with Crippen LogP contribution in [0, 0.1) is 0 Å². The standard InChI is InChI=1S/C14H19N5S/c15-11-13(12-1-3-16-4-2-12)18-6-8-19(9-7-18)14-17-5-10-20-14/h1-5,10,13H,6-9,11,15H2. The van der Waals surface area contributed by atoms with E-state index in [0.717, 1.165) is 31.3 Å². The largest absolute Gasteiger partial charge is 0.346 e. The molecule has 1 aliphatic heterocycles. The topological polar surface area (TPSA) is 58.3 Å². The fourth-order valence-electron chi connectivity index (χ4n) is 2.68. The highest BCUT2D eigenvalue weighted by Gasteiger charge is 2.24. The average molecular weight is 289 g/mol. The summed E-state index contributed by atoms with van der Waals surface area (Å²) >= 11 is 1.70. The fourth-order valence-corrected chi connectivity index (χ4v) is 3.38. The van der Waals surface area contributed by atoms with Crippen LogP contribution in [0.15, 0.2) is 36.1 Å². The molecule has 0 aliphatic carbocycles. The average Bonchev–Trinajstić information content (AvgIpc) is 3.04. The molecule has 20 heavy (non-hydrogen) atoms. The molecule has 1 saturated heterocycles. The summed E-state index contributed by atoms with van der Waals surface area (Å²) in [5.41, 5.74) is 7.23. The highest BCUT2D eigenvalue weighted by Crippen LogP contribution is 2.24. The molecule has 3 rings (SSSR count). The van der Waals surface area contributed by atoms with Gasteiger partial charge >= 0.3 is 0 Å². The highest BCUT2D eigenvalue weighted by molar-refractivity contribution is 7.13. The lowest BCUT2D eigenvalue weighted by Crippen LogP contribution is -2.49. The number of piperazine rings is 1. The Balaban J connectivity index is 1.65. The van der Waals surface area contributed by atoms with Gasteiger partial charge in [0.05, 0.1) is 0 Å². The van der Waals surface area contributed by atoms with Gasteiger partial charge in [-0.1, -0.05) is 0 Å². The van der Waals surface area contributed by atoms with Gasteiger partial charge in [0.1, 0.15) is 0 Å². The summed E-state index contributed by atoms with van der Waals surface area (Å²) in [6, 6.07) is 4.41. The monoisotopic (exact) mass is 289 g/mol. The lowest BCUT2D eigenvalue weighted by Gasteiger charge is -2.39. The molecule has 0 aromatic carbocycles. The molecule has 1 aliphatic rings. The van der Waals surface area contributed by atoms with E-state index >= 15 is 0 Å². The number of rotatable bonds is 4. The van der Waals surface area contributed by atoms with Crippen LogP contribution in [-0.2, 0) is 0 Å². The quantitative estimate of drug-likeness (QED) is 0.921. The van der Waals surface area contributed by atoms with Crippen molar-refractivity contribution < 1.29 is 0 Å². The Morgan fingerprint density at radius 1 is 1.15 bits per heavy atom. The normalized spacial score (nSPS) is 18.1. The minimum Gasteiger partial charge on any atom is -0.346 e. The molecular weight excluding hydrogens is 270 g/mol. The van der Waals surface area contributed by atoms with Crippen LogP contribution in [0.1, 0.15) is 11.6 Å². The van der Waals surface area contributed by atoms with Crippen molar-refractivity contribution in [2.24, 2.45) is 5.73 Å². The van der Waals surface area contributed by atoms with Gasteiger partial charge in [0.25, 0.3) is 0 Å². The Labute approximate surface area is 123 Å². The van der Waals surface area contributed by atoms with E-state index in [-0.39, 0.29) is 6.04 Å². The second-order valence-electron chi connectivity index (χ2n) is 4.87. The number of aromatic nitrogens is 2. The second kappa shape index (κ2) is 6.30. The first kappa shape index (κ1) is 13.5. The molecule has 3 heterocycles. The molecule has 0 saturated carbocycles. The molecule has 5 nitrogen and oxygen atoms in total. The lowest BCUT2D eigenvalue weighted by atomic mass is 10.1. The Hall–Kier alpha value is -1.50. The van der Waals surface area contributed by atoms with Gasteiger partial charge in [-0.2, -0.15) is 0 Å². The third-order valence-corrected chi connectivity index (χ3v) is 4.59. The van der Waals surface area contributed by atoms with Gasteiger partial charge in [-0.3, -0.25) is 9.88 Å². The van der Waals surface area contributed by atoms with Crippen LogP contribution in [0.25, 0.3) is 0 Å². The van der Waals surface area contributed by atoms with Gasteiger partial charge in [0.15, 0.2) is 5.13 Å². The molecule has 2 N–H and O–H groups in total. The molecule has 0 amide bonds. The van der Waals surface area contributed by atoms with Crippen molar-refractivity contribution in [3.05, 3.63) is 41.7 Å². The summed E-state index contributed by atoms with van der Waals surface area (Å²) in [6.45, 7) is 4.69. The van der Waals surface area contributed by atoms with E-state index in [1.54, 1.807) is 11.3 Å². The first-order valence-corrected chi connectivity index (χ1v) is 7.75. The molecule has 0 bridgehead atoms. The van der Waals surface area contributed by atoms with E-state index in [1.807, 2.05) is 24.0 Å². The number of anilines is 1. The maximum Gasteiger partial charge on any atom is 0.185 e. The van der Waals surface area contributed by atoms with E-state index in [2.05, 4.69) is 31.9 Å². The maximum atomic E-state index is 5.98. The Morgan fingerprint density at radius 2 is 1.90 bits per heavy atom. The smallest absolute Gasteiger partial charge is 0.185 e. The first-order chi connectivity index (χ1) is 9.88. The van der Waals surface area contributed by atoms with E-state index in [0.29, 0.717) is 6.54 Å². The third kappa shape index (κ3) is 2.82. The number of hydrogen-bond acceptors (Lipinski definition) is 6. The van der Waals surface area contributed by atoms with E-state index in [4.69, 9.17) is 5.73 Å². The van der Waals surface area contributed by atoms with Crippen LogP contribution in [0.2, 0.25) is 0 Å². The van der Waals surface area contributed by atoms with Crippen LogP contribution in [0.5, 0.6) is 0 Å². The molecule has 1 atom stereocenters. The maximum absolute atomic E-state index is 5.98. The predicted octanol–water partition coefficient (Wildman–Crippen LogP) is 1.36. The van der Waals surface area contributed by atoms with E-state index in [9.17, 15) is 0 Å². The lowest BCUT2D eigenvalue weighted by molar-refractivity contribution is 0.190. The van der Waals surface area contributed by atoms with Gasteiger partial charge in [-0.15, -0.1) is 11.3 Å². The second-order valence-corrected chi connectivity index (χ2v) is 5.74. The number of nitrogens with two attached hydrogens (primary N) is 1. The summed E-state index contributed by atoms with van der Waals surface area (Å²) in [5, 5.41) is 3.15. The molecule has 1 unspecified atom stereocenters. The van der Waals surface area contributed by atoms with E-state index < -0.39 is 0 Å². The first-order valence-electron chi connectivity index (χ1n) is 6.87. The van der Waals surface area contributed by atoms with Crippen molar-refractivity contribution in [3.63, 3.8) is 0 Å². The van der Waals surface area contributed by atoms with Crippen LogP contribution in [0.4, 0.5) is 5.13 Å². The SMILES string of the molecule is NCC(c1ccncc1)N1CCN(c2nccs2)CC1. The number of pyridine rings is 1. The molecular formula is C14H19N5S. The molecule has 6 heteroatoms. The van der Waals surface area contributed by atoms with Gasteiger partial charge in [-0.05, 0) is 17.7 Å². The zero-order valence-electron chi connectivity index (χ0n) is 11.4. The van der Waals surface area contributed by atoms with Crippen molar-refractivity contribution in [3.8, 4) is 0 Å². The van der Waals surface area contributed by atoms with Crippen LogP contribution < -0.4 is 10.6 Å². The van der Waals surface area contributed by atoms with Crippen LogP contribution in [0.3, 0.4) is 0 Å². The summed E-state index contributed by atoms with van der Waals surface area (Å²) in [6.07, 6.45) is 5.54. The van der Waals surface area contributed by atoms with Crippen molar-refractivity contribution in [1.82, 2.24) is 14.9 Å². The molecule has 0 spiro atoms. The predicted molar refractivity (Wildman–Crippen MR) is 81.9 cm³/mol.